The van der Waals surface area contributed by atoms with E-state index < -0.39 is 0 Å². The van der Waals surface area contributed by atoms with Gasteiger partial charge in [0, 0.05) is 31.3 Å². The molecule has 1 atom stereocenters. The molecule has 1 N–H and O–H groups in total. The number of H-pyrrole nitrogens is 1. The number of terminal acetylenes is 1. The molecule has 3 heterocycles. The zero-order valence-electron chi connectivity index (χ0n) is 18.1. The fourth-order valence-corrected chi connectivity index (χ4v) is 4.06. The molecule has 0 radical (unpaired) electrons. The molecule has 1 saturated heterocycles. The van der Waals surface area contributed by atoms with E-state index in [-0.39, 0.29) is 18.1 Å². The summed E-state index contributed by atoms with van der Waals surface area (Å²) in [6.45, 7) is 2.80. The predicted molar refractivity (Wildman–Crippen MR) is 123 cm³/mol. The van der Waals surface area contributed by atoms with Crippen molar-refractivity contribution in [3.05, 3.63) is 70.3 Å². The number of likely N-dealkylation sites (tertiary alicyclic amines) is 1. The number of nitrogens with one attached hydrogen (secondary N) is 1. The lowest BCUT2D eigenvalue weighted by Crippen LogP contribution is -2.34. The highest BCUT2D eigenvalue weighted by Crippen LogP contribution is 2.30. The smallest absolute Gasteiger partial charge is 0.251 e. The van der Waals surface area contributed by atoms with Crippen LogP contribution in [0.2, 0.25) is 0 Å². The molecule has 0 spiro atoms. The van der Waals surface area contributed by atoms with Crippen molar-refractivity contribution in [2.45, 2.75) is 25.3 Å². The van der Waals surface area contributed by atoms with Crippen molar-refractivity contribution < 1.29 is 9.47 Å². The number of aromatic nitrogens is 3. The third-order valence-corrected chi connectivity index (χ3v) is 5.54. The third kappa shape index (κ3) is 5.16. The molecule has 3 aromatic rings. The standard InChI is InChI=1S/C25H26N4O3/c1-3-13-32-22-10-9-18(14-23(22)31-2)16-29-12-6-7-19(17-29)21-15-24(30)28-25(27-21)20-8-4-5-11-26-20/h1,4-5,8-11,14-15,19H,6-7,12-13,16-17H2,2H3,(H,27,28,30). The molecule has 32 heavy (non-hydrogen) atoms. The van der Waals surface area contributed by atoms with Gasteiger partial charge in [-0.3, -0.25) is 14.7 Å². The number of rotatable bonds is 7. The van der Waals surface area contributed by atoms with E-state index in [1.165, 1.54) is 0 Å². The average Bonchev–Trinajstić information content (AvgIpc) is 2.83. The Balaban J connectivity index is 1.49. The molecule has 7 nitrogen and oxygen atoms in total. The molecule has 1 fully saturated rings. The van der Waals surface area contributed by atoms with Gasteiger partial charge in [0.15, 0.2) is 17.3 Å². The number of nitrogens with zero attached hydrogens (tertiary/aromatic N) is 3. The van der Waals surface area contributed by atoms with Gasteiger partial charge < -0.3 is 14.5 Å². The summed E-state index contributed by atoms with van der Waals surface area (Å²) >= 11 is 0. The zero-order chi connectivity index (χ0) is 22.3. The van der Waals surface area contributed by atoms with Crippen LogP contribution >= 0.6 is 0 Å². The van der Waals surface area contributed by atoms with Crippen molar-refractivity contribution >= 4 is 0 Å². The Hall–Kier alpha value is -3.63. The minimum Gasteiger partial charge on any atom is -0.493 e. The van der Waals surface area contributed by atoms with Gasteiger partial charge in [-0.15, -0.1) is 6.42 Å². The quantitative estimate of drug-likeness (QED) is 0.580. The molecule has 0 bridgehead atoms. The van der Waals surface area contributed by atoms with Crippen LogP contribution in [-0.4, -0.2) is 46.7 Å². The molecule has 164 valence electrons. The van der Waals surface area contributed by atoms with Crippen molar-refractivity contribution in [1.29, 1.82) is 0 Å². The second-order valence-electron chi connectivity index (χ2n) is 7.79. The van der Waals surface area contributed by atoms with Crippen LogP contribution in [0.15, 0.2) is 53.5 Å². The molecular formula is C25H26N4O3. The number of benzene rings is 1. The van der Waals surface area contributed by atoms with Crippen LogP contribution < -0.4 is 15.0 Å². The summed E-state index contributed by atoms with van der Waals surface area (Å²) < 4.78 is 11.0. The molecule has 1 aliphatic rings. The first kappa shape index (κ1) is 21.6. The van der Waals surface area contributed by atoms with E-state index in [0.29, 0.717) is 23.0 Å². The highest BCUT2D eigenvalue weighted by molar-refractivity contribution is 5.48. The summed E-state index contributed by atoms with van der Waals surface area (Å²) in [4.78, 5) is 26.5. The first-order valence-corrected chi connectivity index (χ1v) is 10.6. The molecule has 7 heteroatoms. The predicted octanol–water partition coefficient (Wildman–Crippen LogP) is 3.23. The number of hydrogen-bond acceptors (Lipinski definition) is 6. The van der Waals surface area contributed by atoms with E-state index in [1.54, 1.807) is 19.4 Å². The Bertz CT molecular complexity index is 1150. The van der Waals surface area contributed by atoms with E-state index in [2.05, 4.69) is 20.8 Å². The van der Waals surface area contributed by atoms with Gasteiger partial charge in [0.1, 0.15) is 12.3 Å². The van der Waals surface area contributed by atoms with Crippen LogP contribution in [0.1, 0.15) is 30.0 Å². The molecule has 2 aromatic heterocycles. The van der Waals surface area contributed by atoms with Gasteiger partial charge in [-0.2, -0.15) is 0 Å². The summed E-state index contributed by atoms with van der Waals surface area (Å²) in [5, 5.41) is 0. The number of hydrogen-bond donors (Lipinski definition) is 1. The van der Waals surface area contributed by atoms with Crippen molar-refractivity contribution in [3.63, 3.8) is 0 Å². The van der Waals surface area contributed by atoms with E-state index in [1.807, 2.05) is 36.4 Å². The highest BCUT2D eigenvalue weighted by atomic mass is 16.5. The van der Waals surface area contributed by atoms with Crippen LogP contribution in [0.5, 0.6) is 11.5 Å². The summed E-state index contributed by atoms with van der Waals surface area (Å²) in [7, 11) is 1.62. The number of ether oxygens (including phenoxy) is 2. The lowest BCUT2D eigenvalue weighted by Gasteiger charge is -2.32. The Morgan fingerprint density at radius 3 is 2.94 bits per heavy atom. The summed E-state index contributed by atoms with van der Waals surface area (Å²) in [5.74, 6) is 4.47. The lowest BCUT2D eigenvalue weighted by atomic mass is 9.94. The SMILES string of the molecule is C#CCOc1ccc(CN2CCCC(c3cc(=O)[nH]c(-c4ccccn4)n3)C2)cc1OC. The maximum Gasteiger partial charge on any atom is 0.251 e. The largest absolute Gasteiger partial charge is 0.493 e. The fraction of sp³-hybridized carbons (Fsp3) is 0.320. The van der Waals surface area contributed by atoms with Crippen molar-refractivity contribution in [2.75, 3.05) is 26.8 Å². The van der Waals surface area contributed by atoms with Crippen LogP contribution in [0.4, 0.5) is 0 Å². The number of piperidine rings is 1. The van der Waals surface area contributed by atoms with Gasteiger partial charge in [-0.25, -0.2) is 4.98 Å². The summed E-state index contributed by atoms with van der Waals surface area (Å²) in [5.41, 5.74) is 2.46. The minimum absolute atomic E-state index is 0.153. The van der Waals surface area contributed by atoms with Crippen molar-refractivity contribution in [3.8, 4) is 35.4 Å². The first-order valence-electron chi connectivity index (χ1n) is 10.6. The summed E-state index contributed by atoms with van der Waals surface area (Å²) in [6, 6.07) is 13.1. The normalized spacial score (nSPS) is 16.3. The Kier molecular flexibility index (Phi) is 6.83. The molecule has 4 rings (SSSR count). The highest BCUT2D eigenvalue weighted by Gasteiger charge is 2.24. The Morgan fingerprint density at radius 2 is 2.16 bits per heavy atom. The number of aromatic amines is 1. The maximum atomic E-state index is 12.3. The average molecular weight is 431 g/mol. The molecule has 1 aliphatic heterocycles. The summed E-state index contributed by atoms with van der Waals surface area (Å²) in [6.07, 6.45) is 9.01. The van der Waals surface area contributed by atoms with Gasteiger partial charge in [0.05, 0.1) is 12.8 Å². The number of pyridine rings is 1. The molecule has 1 aromatic carbocycles. The Morgan fingerprint density at radius 1 is 1.25 bits per heavy atom. The third-order valence-electron chi connectivity index (χ3n) is 5.54. The topological polar surface area (TPSA) is 80.3 Å². The van der Waals surface area contributed by atoms with Gasteiger partial charge in [-0.05, 0) is 49.2 Å². The van der Waals surface area contributed by atoms with Crippen LogP contribution in [0, 0.1) is 12.3 Å². The monoisotopic (exact) mass is 430 g/mol. The second kappa shape index (κ2) is 10.1. The Labute approximate surface area is 187 Å². The van der Waals surface area contributed by atoms with Crippen LogP contribution in [-0.2, 0) is 6.54 Å². The maximum absolute atomic E-state index is 12.3. The van der Waals surface area contributed by atoms with E-state index in [9.17, 15) is 4.79 Å². The first-order chi connectivity index (χ1) is 15.7. The second-order valence-corrected chi connectivity index (χ2v) is 7.79. The molecule has 0 amide bonds. The lowest BCUT2D eigenvalue weighted by molar-refractivity contribution is 0.198. The van der Waals surface area contributed by atoms with Gasteiger partial charge >= 0.3 is 0 Å². The van der Waals surface area contributed by atoms with Crippen molar-refractivity contribution in [2.24, 2.45) is 0 Å². The molecule has 0 saturated carbocycles. The fourth-order valence-electron chi connectivity index (χ4n) is 4.06. The van der Waals surface area contributed by atoms with Crippen LogP contribution in [0.3, 0.4) is 0 Å². The zero-order valence-corrected chi connectivity index (χ0v) is 18.1. The van der Waals surface area contributed by atoms with E-state index >= 15 is 0 Å². The molecule has 1 unspecified atom stereocenters. The molecular weight excluding hydrogens is 404 g/mol. The van der Waals surface area contributed by atoms with Crippen molar-refractivity contribution in [1.82, 2.24) is 19.9 Å². The van der Waals surface area contributed by atoms with Gasteiger partial charge in [-0.1, -0.05) is 18.1 Å². The number of methoxy groups -OCH3 is 1. The van der Waals surface area contributed by atoms with Gasteiger partial charge in [0.2, 0.25) is 0 Å². The molecule has 0 aliphatic carbocycles. The van der Waals surface area contributed by atoms with E-state index in [4.69, 9.17) is 20.9 Å². The van der Waals surface area contributed by atoms with Gasteiger partial charge in [0.25, 0.3) is 5.56 Å². The minimum atomic E-state index is -0.153. The van der Waals surface area contributed by atoms with E-state index in [0.717, 1.165) is 43.7 Å². The van der Waals surface area contributed by atoms with Crippen LogP contribution in [0.25, 0.3) is 11.5 Å².